The van der Waals surface area contributed by atoms with Gasteiger partial charge in [0, 0.05) is 38.8 Å². The third-order valence-electron chi connectivity index (χ3n) is 5.81. The SMILES string of the molecule is [2H]C([2H])(c1cccc(Cl)c1F)N1CC[C@](Cc2nc(Nc3nccs3)ccc2F)(C(=O)O)C[C@H]1C. The van der Waals surface area contributed by atoms with Crippen molar-refractivity contribution in [3.8, 4) is 0 Å². The quantitative estimate of drug-likeness (QED) is 0.451. The van der Waals surface area contributed by atoms with Gasteiger partial charge in [0.15, 0.2) is 5.13 Å². The fourth-order valence-corrected chi connectivity index (χ4v) is 4.78. The lowest BCUT2D eigenvalue weighted by atomic mass is 9.72. The zero-order valence-electron chi connectivity index (χ0n) is 19.7. The van der Waals surface area contributed by atoms with Gasteiger partial charge in [-0.1, -0.05) is 23.7 Å². The number of pyridine rings is 1. The number of piperidine rings is 1. The number of hydrogen-bond acceptors (Lipinski definition) is 6. The molecule has 0 aliphatic carbocycles. The molecule has 1 aromatic carbocycles. The van der Waals surface area contributed by atoms with E-state index in [0.717, 1.165) is 0 Å². The van der Waals surface area contributed by atoms with E-state index in [0.29, 0.717) is 10.9 Å². The van der Waals surface area contributed by atoms with Crippen LogP contribution in [0.2, 0.25) is 5.02 Å². The van der Waals surface area contributed by atoms with Crippen molar-refractivity contribution in [2.75, 3.05) is 11.9 Å². The third-order valence-corrected chi connectivity index (χ3v) is 6.79. The van der Waals surface area contributed by atoms with Crippen molar-refractivity contribution in [1.82, 2.24) is 14.9 Å². The van der Waals surface area contributed by atoms with Crippen LogP contribution in [0.1, 0.15) is 33.8 Å². The van der Waals surface area contributed by atoms with E-state index >= 15 is 0 Å². The van der Waals surface area contributed by atoms with Crippen LogP contribution < -0.4 is 5.32 Å². The number of carboxylic acid groups (broad SMARTS) is 1. The van der Waals surface area contributed by atoms with Crippen LogP contribution >= 0.6 is 22.9 Å². The topological polar surface area (TPSA) is 78.4 Å². The first-order valence-corrected chi connectivity index (χ1v) is 11.6. The van der Waals surface area contributed by atoms with E-state index in [1.807, 2.05) is 0 Å². The van der Waals surface area contributed by atoms with Gasteiger partial charge in [0.2, 0.25) is 0 Å². The van der Waals surface area contributed by atoms with Gasteiger partial charge in [-0.2, -0.15) is 0 Å². The molecule has 1 fully saturated rings. The lowest BCUT2D eigenvalue weighted by molar-refractivity contribution is -0.153. The van der Waals surface area contributed by atoms with Crippen molar-refractivity contribution in [1.29, 1.82) is 0 Å². The monoisotopic (exact) mass is 494 g/mol. The van der Waals surface area contributed by atoms with Gasteiger partial charge in [-0.05, 0) is 44.5 Å². The Morgan fingerprint density at radius 2 is 2.24 bits per heavy atom. The molecule has 0 unspecified atom stereocenters. The van der Waals surface area contributed by atoms with Crippen LogP contribution in [-0.4, -0.2) is 38.5 Å². The highest BCUT2D eigenvalue weighted by molar-refractivity contribution is 7.13. The summed E-state index contributed by atoms with van der Waals surface area (Å²) in [6.07, 6.45) is 1.49. The van der Waals surface area contributed by atoms with E-state index in [4.69, 9.17) is 14.3 Å². The lowest BCUT2D eigenvalue weighted by Gasteiger charge is -2.43. The average molecular weight is 495 g/mol. The summed E-state index contributed by atoms with van der Waals surface area (Å²) >= 11 is 7.20. The third kappa shape index (κ3) is 5.15. The smallest absolute Gasteiger partial charge is 0.310 e. The first kappa shape index (κ1) is 20.9. The van der Waals surface area contributed by atoms with Crippen molar-refractivity contribution in [2.45, 2.75) is 38.7 Å². The molecule has 4 rings (SSSR count). The van der Waals surface area contributed by atoms with Crippen LogP contribution in [0.25, 0.3) is 0 Å². The molecule has 0 spiro atoms. The number of benzene rings is 1. The number of nitrogens with one attached hydrogen (secondary N) is 1. The molecule has 0 amide bonds. The van der Waals surface area contributed by atoms with Gasteiger partial charge in [-0.3, -0.25) is 9.69 Å². The van der Waals surface area contributed by atoms with Crippen LogP contribution in [0.5, 0.6) is 0 Å². The second kappa shape index (κ2) is 9.70. The number of aromatic nitrogens is 2. The number of anilines is 2. The predicted molar refractivity (Wildman–Crippen MR) is 124 cm³/mol. The second-order valence-corrected chi connectivity index (χ2v) is 9.36. The first-order chi connectivity index (χ1) is 16.5. The molecule has 0 bridgehead atoms. The average Bonchev–Trinajstić information content (AvgIpc) is 3.30. The van der Waals surface area contributed by atoms with Crippen LogP contribution in [0.15, 0.2) is 41.9 Å². The number of aliphatic carboxylic acids is 1. The Hall–Kier alpha value is -2.62. The molecule has 10 heteroatoms. The Morgan fingerprint density at radius 3 is 2.94 bits per heavy atom. The highest BCUT2D eigenvalue weighted by Gasteiger charge is 2.45. The molecule has 33 heavy (non-hydrogen) atoms. The minimum Gasteiger partial charge on any atom is -0.481 e. The van der Waals surface area contributed by atoms with Crippen molar-refractivity contribution in [3.05, 3.63) is 69.8 Å². The number of hydrogen-bond donors (Lipinski definition) is 2. The van der Waals surface area contributed by atoms with Gasteiger partial charge < -0.3 is 10.4 Å². The highest BCUT2D eigenvalue weighted by Crippen LogP contribution is 2.39. The number of rotatable bonds is 7. The van der Waals surface area contributed by atoms with Crippen LogP contribution in [0, 0.1) is 17.0 Å². The fraction of sp³-hybridized carbons (Fsp3) is 0.348. The van der Waals surface area contributed by atoms with Crippen LogP contribution in [-0.2, 0) is 17.7 Å². The summed E-state index contributed by atoms with van der Waals surface area (Å²) < 4.78 is 46.5. The van der Waals surface area contributed by atoms with Gasteiger partial charge in [0.05, 0.1) is 16.1 Å². The summed E-state index contributed by atoms with van der Waals surface area (Å²) in [6.45, 7) is -0.521. The fourth-order valence-electron chi connectivity index (χ4n) is 4.07. The van der Waals surface area contributed by atoms with Crippen molar-refractivity contribution in [2.24, 2.45) is 5.41 Å². The van der Waals surface area contributed by atoms with E-state index in [-0.39, 0.29) is 42.1 Å². The number of likely N-dealkylation sites (tertiary alicyclic amines) is 1. The van der Waals surface area contributed by atoms with Gasteiger partial charge in [0.25, 0.3) is 0 Å². The Labute approximate surface area is 202 Å². The molecule has 0 saturated carbocycles. The normalized spacial score (nSPS) is 22.5. The standard InChI is InChI=1S/C23H23ClF2N4O2S/c1-14-11-23(21(31)32,7-9-30(14)13-15-3-2-4-16(24)20(15)26)12-18-17(25)5-6-19(28-18)29-22-27-8-10-33-22/h2-6,8,10,14H,7,9,11-13H2,1H3,(H,31,32)(H,27,28,29)/t14-,23+/m1/s1/i13D2. The van der Waals surface area contributed by atoms with E-state index in [2.05, 4.69) is 15.3 Å². The van der Waals surface area contributed by atoms with Crippen LogP contribution in [0.4, 0.5) is 19.7 Å². The molecule has 2 atom stereocenters. The summed E-state index contributed by atoms with van der Waals surface area (Å²) in [6, 6.07) is 6.22. The van der Waals surface area contributed by atoms with Gasteiger partial charge in [0.1, 0.15) is 17.5 Å². The molecule has 1 aliphatic rings. The predicted octanol–water partition coefficient (Wildman–Crippen LogP) is 5.51. The molecule has 3 heterocycles. The summed E-state index contributed by atoms with van der Waals surface area (Å²) in [7, 11) is 0. The zero-order valence-corrected chi connectivity index (χ0v) is 19.3. The first-order valence-electron chi connectivity index (χ1n) is 11.3. The summed E-state index contributed by atoms with van der Waals surface area (Å²) in [4.78, 5) is 22.3. The Morgan fingerprint density at radius 1 is 1.42 bits per heavy atom. The molecule has 174 valence electrons. The Bertz CT molecular complexity index is 1230. The maximum atomic E-state index is 14.7. The van der Waals surface area contributed by atoms with E-state index < -0.39 is 35.6 Å². The Balaban J connectivity index is 1.58. The molecule has 1 saturated heterocycles. The molecule has 2 N–H and O–H groups in total. The number of halogens is 3. The molecule has 3 aromatic rings. The molecule has 6 nitrogen and oxygen atoms in total. The number of thiazole rings is 1. The summed E-state index contributed by atoms with van der Waals surface area (Å²) in [5.74, 6) is -2.24. The van der Waals surface area contributed by atoms with Crippen molar-refractivity contribution < 1.29 is 21.4 Å². The number of nitrogens with zero attached hydrogens (tertiary/aromatic N) is 3. The molecule has 2 aromatic heterocycles. The molecular weight excluding hydrogens is 470 g/mol. The lowest BCUT2D eigenvalue weighted by Crippen LogP contribution is -2.50. The van der Waals surface area contributed by atoms with Crippen molar-refractivity contribution >= 4 is 39.9 Å². The number of carboxylic acids is 1. The Kier molecular flexibility index (Phi) is 6.16. The van der Waals surface area contributed by atoms with Gasteiger partial charge >= 0.3 is 5.97 Å². The van der Waals surface area contributed by atoms with Crippen molar-refractivity contribution in [3.63, 3.8) is 0 Å². The van der Waals surface area contributed by atoms with Gasteiger partial charge in [-0.15, -0.1) is 11.3 Å². The maximum absolute atomic E-state index is 14.7. The minimum atomic E-state index is -2.22. The second-order valence-electron chi connectivity index (χ2n) is 8.06. The highest BCUT2D eigenvalue weighted by atomic mass is 35.5. The molecular formula is C23H23ClF2N4O2S. The zero-order chi connectivity index (χ0) is 25.4. The summed E-state index contributed by atoms with van der Waals surface area (Å²) in [5, 5.41) is 15.3. The molecule has 0 radical (unpaired) electrons. The largest absolute Gasteiger partial charge is 0.481 e. The number of carbonyl (C=O) groups is 1. The van der Waals surface area contributed by atoms with E-state index in [1.54, 1.807) is 18.5 Å². The van der Waals surface area contributed by atoms with Gasteiger partial charge in [-0.25, -0.2) is 18.7 Å². The molecule has 1 aliphatic heterocycles. The summed E-state index contributed by atoms with van der Waals surface area (Å²) in [5.41, 5.74) is -1.58. The minimum absolute atomic E-state index is 0.00139. The van der Waals surface area contributed by atoms with E-state index in [1.165, 1.54) is 46.6 Å². The van der Waals surface area contributed by atoms with Crippen LogP contribution in [0.3, 0.4) is 0 Å². The van der Waals surface area contributed by atoms with E-state index in [9.17, 15) is 18.7 Å². The maximum Gasteiger partial charge on any atom is 0.310 e.